The third kappa shape index (κ3) is 5.23. The van der Waals surface area contributed by atoms with Crippen molar-refractivity contribution in [3.05, 3.63) is 35.4 Å². The zero-order chi connectivity index (χ0) is 15.1. The molecule has 0 unspecified atom stereocenters. The van der Waals surface area contributed by atoms with Gasteiger partial charge in [-0.25, -0.2) is 0 Å². The lowest BCUT2D eigenvalue weighted by molar-refractivity contribution is 0.0964. The molecule has 0 saturated carbocycles. The Morgan fingerprint density at radius 1 is 1.05 bits per heavy atom. The van der Waals surface area contributed by atoms with Gasteiger partial charge in [0.15, 0.2) is 5.78 Å². The molecule has 0 bridgehead atoms. The van der Waals surface area contributed by atoms with Crippen molar-refractivity contribution >= 4 is 5.78 Å². The van der Waals surface area contributed by atoms with Gasteiger partial charge in [0, 0.05) is 38.2 Å². The number of ketones is 1. The van der Waals surface area contributed by atoms with E-state index < -0.39 is 0 Å². The molecule has 1 fully saturated rings. The minimum absolute atomic E-state index is 0.228. The summed E-state index contributed by atoms with van der Waals surface area (Å²) >= 11 is 0. The zero-order valence-electron chi connectivity index (χ0n) is 12.9. The van der Waals surface area contributed by atoms with E-state index >= 15 is 0 Å². The number of aryl methyl sites for hydroxylation is 1. The number of Topliss-reactive ketones (excluding diaryl/α,β-unsaturated/α-hetero) is 1. The number of carbonyl (C=O) groups excluding carboxylic acids is 1. The van der Waals surface area contributed by atoms with Crippen molar-refractivity contribution in [3.8, 4) is 0 Å². The summed E-state index contributed by atoms with van der Waals surface area (Å²) in [4.78, 5) is 16.8. The summed E-state index contributed by atoms with van der Waals surface area (Å²) in [6.45, 7) is 7.91. The molecule has 1 aliphatic rings. The first-order valence-corrected chi connectivity index (χ1v) is 7.84. The van der Waals surface area contributed by atoms with E-state index in [1.54, 1.807) is 0 Å². The second-order valence-corrected chi connectivity index (χ2v) is 5.80. The fourth-order valence-corrected chi connectivity index (χ4v) is 2.76. The second-order valence-electron chi connectivity index (χ2n) is 5.80. The number of benzene rings is 1. The Balaban J connectivity index is 1.77. The molecule has 0 amide bonds. The molecule has 0 aromatic heterocycles. The Morgan fingerprint density at radius 2 is 1.67 bits per heavy atom. The summed E-state index contributed by atoms with van der Waals surface area (Å²) < 4.78 is 0. The van der Waals surface area contributed by atoms with E-state index in [9.17, 15) is 4.79 Å². The molecular weight excluding hydrogens is 264 g/mol. The molecule has 2 rings (SSSR count). The van der Waals surface area contributed by atoms with E-state index in [2.05, 4.69) is 9.80 Å². The first-order valence-electron chi connectivity index (χ1n) is 7.84. The van der Waals surface area contributed by atoms with Gasteiger partial charge in [-0.05, 0) is 26.4 Å². The Bertz CT molecular complexity index is 445. The van der Waals surface area contributed by atoms with E-state index in [1.807, 2.05) is 31.2 Å². The van der Waals surface area contributed by atoms with E-state index in [1.165, 1.54) is 5.56 Å². The smallest absolute Gasteiger partial charge is 0.164 e. The minimum Gasteiger partial charge on any atom is -0.395 e. The third-order valence-corrected chi connectivity index (χ3v) is 4.13. The van der Waals surface area contributed by atoms with Crippen molar-refractivity contribution in [2.75, 3.05) is 45.9 Å². The molecule has 1 aromatic carbocycles. The first kappa shape index (κ1) is 16.1. The lowest BCUT2D eigenvalue weighted by atomic mass is 10.1. The van der Waals surface area contributed by atoms with Gasteiger partial charge in [0.25, 0.3) is 0 Å². The van der Waals surface area contributed by atoms with Gasteiger partial charge in [-0.2, -0.15) is 0 Å². The van der Waals surface area contributed by atoms with Crippen molar-refractivity contribution in [2.45, 2.75) is 19.8 Å². The van der Waals surface area contributed by atoms with Crippen molar-refractivity contribution in [1.82, 2.24) is 9.80 Å². The van der Waals surface area contributed by atoms with Gasteiger partial charge >= 0.3 is 0 Å². The van der Waals surface area contributed by atoms with Crippen LogP contribution in [0.25, 0.3) is 0 Å². The van der Waals surface area contributed by atoms with Crippen LogP contribution in [0.2, 0.25) is 0 Å². The zero-order valence-corrected chi connectivity index (χ0v) is 12.9. The fraction of sp³-hybridized carbons (Fsp3) is 0.588. The molecule has 116 valence electrons. The average molecular weight is 290 g/mol. The van der Waals surface area contributed by atoms with E-state index in [0.29, 0.717) is 6.42 Å². The van der Waals surface area contributed by atoms with Gasteiger partial charge in [-0.3, -0.25) is 9.69 Å². The number of carbonyl (C=O) groups is 1. The van der Waals surface area contributed by atoms with Crippen LogP contribution in [0.15, 0.2) is 24.3 Å². The summed E-state index contributed by atoms with van der Waals surface area (Å²) in [5.41, 5.74) is 2.00. The van der Waals surface area contributed by atoms with Crippen molar-refractivity contribution in [1.29, 1.82) is 0 Å². The Kier molecular flexibility index (Phi) is 6.36. The van der Waals surface area contributed by atoms with Crippen LogP contribution in [0.3, 0.4) is 0 Å². The second kappa shape index (κ2) is 8.27. The first-order chi connectivity index (χ1) is 10.2. The molecule has 0 atom stereocenters. The van der Waals surface area contributed by atoms with E-state index in [4.69, 9.17) is 5.11 Å². The van der Waals surface area contributed by atoms with Crippen molar-refractivity contribution < 1.29 is 9.90 Å². The third-order valence-electron chi connectivity index (χ3n) is 4.13. The van der Waals surface area contributed by atoms with Crippen LogP contribution in [0.4, 0.5) is 0 Å². The van der Waals surface area contributed by atoms with Gasteiger partial charge < -0.3 is 10.0 Å². The molecule has 4 nitrogen and oxygen atoms in total. The van der Waals surface area contributed by atoms with Gasteiger partial charge in [0.1, 0.15) is 0 Å². The summed E-state index contributed by atoms with van der Waals surface area (Å²) in [5, 5.41) is 9.00. The van der Waals surface area contributed by atoms with Crippen LogP contribution < -0.4 is 0 Å². The van der Waals surface area contributed by atoms with Crippen LogP contribution in [0, 0.1) is 6.92 Å². The minimum atomic E-state index is 0.228. The molecule has 1 heterocycles. The molecule has 0 aliphatic carbocycles. The normalized spacial score (nSPS) is 17.6. The number of β-amino-alcohol motifs (C(OH)–C–C–N with tert-alkyl or cyclic N) is 1. The number of nitrogens with zero attached hydrogens (tertiary/aromatic N) is 2. The lowest BCUT2D eigenvalue weighted by Crippen LogP contribution is -2.33. The molecule has 21 heavy (non-hydrogen) atoms. The maximum absolute atomic E-state index is 12.2. The average Bonchev–Trinajstić information content (AvgIpc) is 2.71. The number of aliphatic hydroxyl groups is 1. The van der Waals surface area contributed by atoms with Gasteiger partial charge in [-0.1, -0.05) is 29.8 Å². The lowest BCUT2D eigenvalue weighted by Gasteiger charge is -2.20. The molecule has 1 aliphatic heterocycles. The number of hydrogen-bond donors (Lipinski definition) is 1. The highest BCUT2D eigenvalue weighted by Crippen LogP contribution is 2.08. The van der Waals surface area contributed by atoms with Gasteiger partial charge in [0.05, 0.1) is 6.61 Å². The number of rotatable bonds is 6. The van der Waals surface area contributed by atoms with Crippen molar-refractivity contribution in [3.63, 3.8) is 0 Å². The van der Waals surface area contributed by atoms with Crippen LogP contribution in [0.1, 0.15) is 28.8 Å². The van der Waals surface area contributed by atoms with Crippen LogP contribution in [0.5, 0.6) is 0 Å². The van der Waals surface area contributed by atoms with Crippen molar-refractivity contribution in [2.24, 2.45) is 0 Å². The van der Waals surface area contributed by atoms with Crippen LogP contribution in [-0.4, -0.2) is 66.6 Å². The monoisotopic (exact) mass is 290 g/mol. The molecule has 1 aromatic rings. The highest BCUT2D eigenvalue weighted by molar-refractivity contribution is 5.96. The largest absolute Gasteiger partial charge is 0.395 e. The predicted molar refractivity (Wildman–Crippen MR) is 84.7 cm³/mol. The fourth-order valence-electron chi connectivity index (χ4n) is 2.76. The van der Waals surface area contributed by atoms with Gasteiger partial charge in [-0.15, -0.1) is 0 Å². The summed E-state index contributed by atoms with van der Waals surface area (Å²) in [5.74, 6) is 0.228. The topological polar surface area (TPSA) is 43.8 Å². The number of aliphatic hydroxyl groups excluding tert-OH is 1. The number of hydrogen-bond acceptors (Lipinski definition) is 4. The van der Waals surface area contributed by atoms with Crippen LogP contribution in [-0.2, 0) is 0 Å². The predicted octanol–water partition coefficient (Wildman–Crippen LogP) is 1.57. The molecule has 1 saturated heterocycles. The molecule has 0 spiro atoms. The molecule has 4 heteroatoms. The standard InChI is InChI=1S/C17H26N2O2/c1-15-3-5-16(6-4-15)17(21)7-10-18-8-2-9-19(12-11-18)13-14-20/h3-6,20H,2,7-14H2,1H3. The van der Waals surface area contributed by atoms with E-state index in [-0.39, 0.29) is 12.4 Å². The maximum Gasteiger partial charge on any atom is 0.164 e. The SMILES string of the molecule is Cc1ccc(C(=O)CCN2CCCN(CCO)CC2)cc1. The Hall–Kier alpha value is -1.23. The highest BCUT2D eigenvalue weighted by Gasteiger charge is 2.15. The highest BCUT2D eigenvalue weighted by atomic mass is 16.3. The summed E-state index contributed by atoms with van der Waals surface area (Å²) in [6, 6.07) is 7.82. The van der Waals surface area contributed by atoms with Crippen LogP contribution >= 0.6 is 0 Å². The van der Waals surface area contributed by atoms with Gasteiger partial charge in [0.2, 0.25) is 0 Å². The Labute approximate surface area is 127 Å². The molecule has 1 N–H and O–H groups in total. The summed E-state index contributed by atoms with van der Waals surface area (Å²) in [6.07, 6.45) is 1.70. The quantitative estimate of drug-likeness (QED) is 0.808. The Morgan fingerprint density at radius 3 is 2.29 bits per heavy atom. The van der Waals surface area contributed by atoms with E-state index in [0.717, 1.165) is 51.3 Å². The summed E-state index contributed by atoms with van der Waals surface area (Å²) in [7, 11) is 0. The molecule has 0 radical (unpaired) electrons. The molecular formula is C17H26N2O2. The maximum atomic E-state index is 12.2.